The molecule has 12 heteroatoms. The van der Waals surface area contributed by atoms with Crippen molar-refractivity contribution in [1.82, 2.24) is 25.4 Å². The Balaban J connectivity index is 1.25. The molecule has 2 atom stereocenters. The summed E-state index contributed by atoms with van der Waals surface area (Å²) < 4.78 is 19.9. The minimum Gasteiger partial charge on any atom is -0.480 e. The Bertz CT molecular complexity index is 1090. The lowest BCUT2D eigenvalue weighted by atomic mass is 10.0. The van der Waals surface area contributed by atoms with E-state index in [1.807, 2.05) is 0 Å². The number of tetrazole rings is 1. The molecule has 0 radical (unpaired) electrons. The van der Waals surface area contributed by atoms with Crippen molar-refractivity contribution in [3.63, 3.8) is 0 Å². The number of halogens is 2. The molecule has 30 heavy (non-hydrogen) atoms. The molecule has 0 bridgehead atoms. The summed E-state index contributed by atoms with van der Waals surface area (Å²) in [5.41, 5.74) is 0.884. The SMILES string of the molecule is O=C(O)Cn1nnc(-c2cc(N3CC4CN(c5cc(F)ccc5Br)CC4C3)no2)n1. The third-order valence-electron chi connectivity index (χ3n) is 5.51. The van der Waals surface area contributed by atoms with Gasteiger partial charge in [-0.25, -0.2) is 4.39 Å². The van der Waals surface area contributed by atoms with E-state index in [0.717, 1.165) is 41.1 Å². The van der Waals surface area contributed by atoms with E-state index in [1.165, 1.54) is 6.07 Å². The first-order valence-electron chi connectivity index (χ1n) is 9.38. The Morgan fingerprint density at radius 3 is 2.67 bits per heavy atom. The van der Waals surface area contributed by atoms with E-state index in [2.05, 4.69) is 46.3 Å². The van der Waals surface area contributed by atoms with Gasteiger partial charge in [0.2, 0.25) is 11.6 Å². The van der Waals surface area contributed by atoms with Crippen LogP contribution in [0.4, 0.5) is 15.9 Å². The zero-order valence-electron chi connectivity index (χ0n) is 15.6. The molecule has 10 nitrogen and oxygen atoms in total. The Hall–Kier alpha value is -3.02. The van der Waals surface area contributed by atoms with Crippen molar-refractivity contribution in [1.29, 1.82) is 0 Å². The number of aromatic nitrogens is 5. The predicted molar refractivity (Wildman–Crippen MR) is 106 cm³/mol. The van der Waals surface area contributed by atoms with Crippen molar-refractivity contribution >= 4 is 33.4 Å². The van der Waals surface area contributed by atoms with Gasteiger partial charge in [-0.2, -0.15) is 4.80 Å². The van der Waals surface area contributed by atoms with Crippen molar-refractivity contribution in [3.05, 3.63) is 34.6 Å². The minimum atomic E-state index is -1.06. The molecular formula is C18H17BrFN7O3. The van der Waals surface area contributed by atoms with E-state index in [-0.39, 0.29) is 18.2 Å². The lowest BCUT2D eigenvalue weighted by Gasteiger charge is -2.23. The molecule has 2 unspecified atom stereocenters. The van der Waals surface area contributed by atoms with Crippen LogP contribution in [0, 0.1) is 17.7 Å². The first-order valence-corrected chi connectivity index (χ1v) is 10.2. The molecule has 3 aromatic rings. The van der Waals surface area contributed by atoms with Crippen LogP contribution in [0.1, 0.15) is 0 Å². The molecule has 2 aliphatic heterocycles. The zero-order valence-corrected chi connectivity index (χ0v) is 17.2. The number of carboxylic acids is 1. The van der Waals surface area contributed by atoms with E-state index in [4.69, 9.17) is 9.63 Å². The number of benzene rings is 1. The summed E-state index contributed by atoms with van der Waals surface area (Å²) in [6, 6.07) is 6.49. The second kappa shape index (κ2) is 7.35. The van der Waals surface area contributed by atoms with Crippen LogP contribution < -0.4 is 9.80 Å². The Kier molecular flexibility index (Phi) is 4.65. The molecule has 2 aliphatic rings. The smallest absolute Gasteiger partial charge is 0.327 e. The van der Waals surface area contributed by atoms with Gasteiger partial charge in [-0.15, -0.1) is 10.2 Å². The van der Waals surface area contributed by atoms with Crippen molar-refractivity contribution < 1.29 is 18.8 Å². The van der Waals surface area contributed by atoms with E-state index in [1.54, 1.807) is 18.2 Å². The van der Waals surface area contributed by atoms with Gasteiger partial charge in [-0.05, 0) is 39.3 Å². The van der Waals surface area contributed by atoms with Crippen LogP contribution in [0.3, 0.4) is 0 Å². The van der Waals surface area contributed by atoms with Crippen molar-refractivity contribution in [2.45, 2.75) is 6.54 Å². The van der Waals surface area contributed by atoms with Gasteiger partial charge in [0.1, 0.15) is 5.82 Å². The normalized spacial score (nSPS) is 20.7. The number of carboxylic acid groups (broad SMARTS) is 1. The van der Waals surface area contributed by atoms with Crippen molar-refractivity contribution in [2.75, 3.05) is 36.0 Å². The highest BCUT2D eigenvalue weighted by atomic mass is 79.9. The maximum Gasteiger partial charge on any atom is 0.327 e. The van der Waals surface area contributed by atoms with Crippen LogP contribution in [0.2, 0.25) is 0 Å². The fourth-order valence-corrected chi connectivity index (χ4v) is 4.65. The molecule has 2 aromatic heterocycles. The van der Waals surface area contributed by atoms with Crippen molar-refractivity contribution in [2.24, 2.45) is 11.8 Å². The number of hydrogen-bond acceptors (Lipinski definition) is 8. The van der Waals surface area contributed by atoms with Crippen LogP contribution in [-0.2, 0) is 11.3 Å². The third kappa shape index (κ3) is 3.51. The van der Waals surface area contributed by atoms with E-state index in [0.29, 0.717) is 23.4 Å². The fourth-order valence-electron chi connectivity index (χ4n) is 4.16. The Labute approximate surface area is 178 Å². The van der Waals surface area contributed by atoms with Crippen LogP contribution >= 0.6 is 15.9 Å². The maximum atomic E-state index is 13.7. The van der Waals surface area contributed by atoms with E-state index in [9.17, 15) is 9.18 Å². The number of rotatable bonds is 5. The molecule has 4 heterocycles. The van der Waals surface area contributed by atoms with Gasteiger partial charge < -0.3 is 19.4 Å². The molecular weight excluding hydrogens is 461 g/mol. The maximum absolute atomic E-state index is 13.7. The molecule has 1 aromatic carbocycles. The number of fused-ring (bicyclic) bond motifs is 1. The number of hydrogen-bond donors (Lipinski definition) is 1. The lowest BCUT2D eigenvalue weighted by molar-refractivity contribution is -0.138. The summed E-state index contributed by atoms with van der Waals surface area (Å²) in [4.78, 5) is 16.1. The largest absolute Gasteiger partial charge is 0.480 e. The number of nitrogens with zero attached hydrogens (tertiary/aromatic N) is 7. The predicted octanol–water partition coefficient (Wildman–Crippen LogP) is 1.89. The lowest BCUT2D eigenvalue weighted by Crippen LogP contribution is -2.29. The fraction of sp³-hybridized carbons (Fsp3) is 0.389. The molecule has 0 saturated carbocycles. The van der Waals surface area contributed by atoms with Crippen LogP contribution in [0.15, 0.2) is 33.3 Å². The van der Waals surface area contributed by atoms with Crippen LogP contribution in [0.25, 0.3) is 11.6 Å². The highest BCUT2D eigenvalue weighted by Gasteiger charge is 2.41. The highest BCUT2D eigenvalue weighted by molar-refractivity contribution is 9.10. The summed E-state index contributed by atoms with van der Waals surface area (Å²) in [5.74, 6) is 0.800. The summed E-state index contributed by atoms with van der Waals surface area (Å²) in [6.45, 7) is 2.96. The third-order valence-corrected chi connectivity index (χ3v) is 6.18. The van der Waals surface area contributed by atoms with Gasteiger partial charge in [0.15, 0.2) is 12.4 Å². The summed E-state index contributed by atoms with van der Waals surface area (Å²) in [5, 5.41) is 24.4. The second-order valence-corrected chi connectivity index (χ2v) is 8.37. The van der Waals surface area contributed by atoms with Gasteiger partial charge in [0, 0.05) is 48.6 Å². The Morgan fingerprint density at radius 2 is 1.93 bits per heavy atom. The van der Waals surface area contributed by atoms with Gasteiger partial charge >= 0.3 is 5.97 Å². The number of carbonyl (C=O) groups is 1. The van der Waals surface area contributed by atoms with Gasteiger partial charge in [-0.1, -0.05) is 5.16 Å². The summed E-state index contributed by atoms with van der Waals surface area (Å²) in [6.07, 6.45) is 0. The van der Waals surface area contributed by atoms with Gasteiger partial charge in [-0.3, -0.25) is 4.79 Å². The molecule has 156 valence electrons. The molecule has 0 amide bonds. The molecule has 2 fully saturated rings. The standard InChI is InChI=1S/C18H17BrFN7O3/c19-13-2-1-12(20)3-14(13)25-5-10-7-26(8-11(10)6-25)16-4-15(30-23-16)18-21-24-27(22-18)9-17(28)29/h1-4,10-11H,5-9H2,(H,28,29). The number of anilines is 2. The summed E-state index contributed by atoms with van der Waals surface area (Å²) >= 11 is 3.52. The average Bonchev–Trinajstić information content (AvgIpc) is 3.44. The van der Waals surface area contributed by atoms with Crippen molar-refractivity contribution in [3.8, 4) is 11.6 Å². The van der Waals surface area contributed by atoms with Crippen LogP contribution in [-0.4, -0.2) is 62.6 Å². The first kappa shape index (κ1) is 19.0. The monoisotopic (exact) mass is 477 g/mol. The minimum absolute atomic E-state index is 0.191. The molecule has 1 N–H and O–H groups in total. The molecule has 0 aliphatic carbocycles. The first-order chi connectivity index (χ1) is 14.5. The van der Waals surface area contributed by atoms with Crippen LogP contribution in [0.5, 0.6) is 0 Å². The summed E-state index contributed by atoms with van der Waals surface area (Å²) in [7, 11) is 0. The van der Waals surface area contributed by atoms with E-state index < -0.39 is 5.97 Å². The second-order valence-electron chi connectivity index (χ2n) is 7.51. The topological polar surface area (TPSA) is 113 Å². The average molecular weight is 478 g/mol. The molecule has 5 rings (SSSR count). The zero-order chi connectivity index (χ0) is 20.8. The quantitative estimate of drug-likeness (QED) is 0.587. The highest BCUT2D eigenvalue weighted by Crippen LogP contribution is 2.38. The van der Waals surface area contributed by atoms with Gasteiger partial charge in [0.05, 0.1) is 5.69 Å². The molecule has 0 spiro atoms. The van der Waals surface area contributed by atoms with Gasteiger partial charge in [0.25, 0.3) is 0 Å². The van der Waals surface area contributed by atoms with E-state index >= 15 is 0 Å². The number of aliphatic carboxylic acids is 1. The molecule has 2 saturated heterocycles. The Morgan fingerprint density at radius 1 is 1.20 bits per heavy atom.